The molecule has 4 rings (SSSR count). The molecule has 0 radical (unpaired) electrons. The van der Waals surface area contributed by atoms with E-state index >= 15 is 0 Å². The van der Waals surface area contributed by atoms with Gasteiger partial charge in [0.1, 0.15) is 12.2 Å². The van der Waals surface area contributed by atoms with Crippen molar-refractivity contribution in [2.45, 2.75) is 180 Å². The minimum absolute atomic E-state index is 0.0177. The third kappa shape index (κ3) is 8.77. The zero-order chi connectivity index (χ0) is 32.0. The maximum Gasteiger partial charge on any atom is 0.311 e. The molecule has 0 aliphatic carbocycles. The van der Waals surface area contributed by atoms with Crippen LogP contribution in [0.15, 0.2) is 0 Å². The average Bonchev–Trinajstić information content (AvgIpc) is 3.76. The summed E-state index contributed by atoms with van der Waals surface area (Å²) in [6.07, 6.45) is 11.1. The van der Waals surface area contributed by atoms with Crippen LogP contribution in [0.4, 0.5) is 0 Å². The van der Waals surface area contributed by atoms with E-state index in [9.17, 15) is 9.59 Å². The van der Waals surface area contributed by atoms with Gasteiger partial charge in [0.05, 0.1) is 48.5 Å². The maximum absolute atomic E-state index is 13.8. The van der Waals surface area contributed by atoms with Crippen LogP contribution in [0.25, 0.3) is 0 Å². The van der Waals surface area contributed by atoms with Gasteiger partial charge in [-0.1, -0.05) is 47.5 Å². The van der Waals surface area contributed by atoms with Crippen molar-refractivity contribution in [2.75, 3.05) is 14.1 Å². The lowest BCUT2D eigenvalue weighted by Crippen LogP contribution is -2.44. The summed E-state index contributed by atoms with van der Waals surface area (Å²) in [5.41, 5.74) is 0. The Morgan fingerprint density at radius 3 is 2.20 bits per heavy atom. The zero-order valence-electron chi connectivity index (χ0n) is 29.0. The molecule has 254 valence electrons. The van der Waals surface area contributed by atoms with Crippen LogP contribution in [0, 0.1) is 23.7 Å². The van der Waals surface area contributed by atoms with Crippen LogP contribution in [-0.4, -0.2) is 85.8 Å². The molecule has 0 spiro atoms. The molecule has 0 N–H and O–H groups in total. The Morgan fingerprint density at radius 2 is 1.52 bits per heavy atom. The Kier molecular flexibility index (Phi) is 13.4. The topological polar surface area (TPSA) is 83.5 Å². The van der Waals surface area contributed by atoms with E-state index in [1.54, 1.807) is 0 Å². The molecule has 4 aliphatic rings. The van der Waals surface area contributed by atoms with E-state index in [2.05, 4.69) is 46.7 Å². The lowest BCUT2D eigenvalue weighted by Gasteiger charge is -2.37. The van der Waals surface area contributed by atoms with E-state index in [-0.39, 0.29) is 84.4 Å². The summed E-state index contributed by atoms with van der Waals surface area (Å²) < 4.78 is 32.5. The van der Waals surface area contributed by atoms with Gasteiger partial charge in [0.2, 0.25) is 0 Å². The SMILES string of the molecule is CCC[C@H]1C[C@@H]2CC[C@@H](O2)[C@H](C)C(=O)O[C@@H]([C@H](C)[C@H]2CC[C@@H](C[C@@H](CCC)N(C)C)O2)[C@H](C)[C@@H]2CC[C@@H](O2)[C@@H](CC)C(=O)O1. The maximum atomic E-state index is 13.8. The summed E-state index contributed by atoms with van der Waals surface area (Å²) in [5, 5.41) is 0. The van der Waals surface area contributed by atoms with Crippen LogP contribution in [0.5, 0.6) is 0 Å². The van der Waals surface area contributed by atoms with Gasteiger partial charge in [-0.05, 0) is 85.2 Å². The Labute approximate surface area is 267 Å². The zero-order valence-corrected chi connectivity index (χ0v) is 29.0. The van der Waals surface area contributed by atoms with E-state index in [1.165, 1.54) is 0 Å². The molecule has 4 saturated heterocycles. The normalized spacial score (nSPS) is 40.2. The quantitative estimate of drug-likeness (QED) is 0.249. The molecule has 0 aromatic heterocycles. The number of carbonyl (C=O) groups is 2. The molecule has 4 heterocycles. The number of nitrogens with zero attached hydrogens (tertiary/aromatic N) is 1. The summed E-state index contributed by atoms with van der Waals surface area (Å²) in [6.45, 7) is 12.7. The van der Waals surface area contributed by atoms with Crippen molar-refractivity contribution in [1.29, 1.82) is 0 Å². The van der Waals surface area contributed by atoms with E-state index in [1.807, 2.05) is 13.8 Å². The van der Waals surface area contributed by atoms with E-state index in [0.717, 1.165) is 70.6 Å². The average molecular weight is 622 g/mol. The van der Waals surface area contributed by atoms with Crippen LogP contribution in [-0.2, 0) is 33.3 Å². The van der Waals surface area contributed by atoms with E-state index in [4.69, 9.17) is 23.7 Å². The van der Waals surface area contributed by atoms with Gasteiger partial charge in [0, 0.05) is 24.3 Å². The van der Waals surface area contributed by atoms with Crippen LogP contribution >= 0.6 is 0 Å². The summed E-state index contributed by atoms with van der Waals surface area (Å²) >= 11 is 0. The fourth-order valence-electron chi connectivity index (χ4n) is 8.35. The van der Waals surface area contributed by atoms with Gasteiger partial charge < -0.3 is 28.6 Å². The lowest BCUT2D eigenvalue weighted by atomic mass is 9.84. The first-order valence-corrected chi connectivity index (χ1v) is 18.1. The van der Waals surface area contributed by atoms with Gasteiger partial charge in [0.25, 0.3) is 0 Å². The van der Waals surface area contributed by atoms with Gasteiger partial charge in [0.15, 0.2) is 0 Å². The van der Waals surface area contributed by atoms with Gasteiger partial charge in [-0.3, -0.25) is 9.59 Å². The highest BCUT2D eigenvalue weighted by Crippen LogP contribution is 2.40. The molecular weight excluding hydrogens is 558 g/mol. The predicted molar refractivity (Wildman–Crippen MR) is 171 cm³/mol. The Bertz CT molecular complexity index is 913. The second-order valence-corrected chi connectivity index (χ2v) is 14.7. The van der Waals surface area contributed by atoms with Crippen LogP contribution in [0.2, 0.25) is 0 Å². The lowest BCUT2D eigenvalue weighted by molar-refractivity contribution is -0.175. The molecule has 0 aromatic carbocycles. The monoisotopic (exact) mass is 621 g/mol. The minimum atomic E-state index is -0.365. The molecule has 8 heteroatoms. The van der Waals surface area contributed by atoms with Crippen molar-refractivity contribution in [1.82, 2.24) is 4.90 Å². The minimum Gasteiger partial charge on any atom is -0.462 e. The molecule has 0 aromatic rings. The fourth-order valence-corrected chi connectivity index (χ4v) is 8.35. The standard InChI is InChI=1S/C36H63NO7/c1-9-12-25(37(7)8)20-27-14-16-30(40-27)22(4)34-23(5)31-18-19-33(43-31)29(11-3)36(39)42-26(13-10-2)21-28-15-17-32(41-28)24(6)35(38)44-34/h22-34H,9-21H2,1-8H3/t22-,23-,24+,25-,26+,27+,28+,29-,30-,31+,32-,33-,34+/m1/s1. The smallest absolute Gasteiger partial charge is 0.311 e. The van der Waals surface area contributed by atoms with Crippen molar-refractivity contribution in [3.8, 4) is 0 Å². The Morgan fingerprint density at radius 1 is 0.795 bits per heavy atom. The number of rotatable bonds is 10. The second kappa shape index (κ2) is 16.6. The molecule has 4 bridgehead atoms. The number of ether oxygens (including phenoxy) is 5. The molecule has 8 nitrogen and oxygen atoms in total. The van der Waals surface area contributed by atoms with Crippen molar-refractivity contribution in [3.05, 3.63) is 0 Å². The highest BCUT2D eigenvalue weighted by atomic mass is 16.6. The molecule has 4 fully saturated rings. The number of carbonyl (C=O) groups excluding carboxylic acids is 2. The fraction of sp³-hybridized carbons (Fsp3) is 0.944. The molecule has 0 saturated carbocycles. The summed E-state index contributed by atoms with van der Waals surface area (Å²) in [6, 6.07) is 0.508. The number of hydrogen-bond donors (Lipinski definition) is 0. The van der Waals surface area contributed by atoms with Crippen LogP contribution in [0.1, 0.15) is 125 Å². The van der Waals surface area contributed by atoms with Gasteiger partial charge in [-0.15, -0.1) is 0 Å². The number of cyclic esters (lactones) is 2. The summed E-state index contributed by atoms with van der Waals surface area (Å²) in [7, 11) is 4.32. The highest BCUT2D eigenvalue weighted by Gasteiger charge is 2.46. The third-order valence-electron chi connectivity index (χ3n) is 11.3. The predicted octanol–water partition coefficient (Wildman–Crippen LogP) is 6.71. The first-order chi connectivity index (χ1) is 21.1. The number of fused-ring (bicyclic) bond motifs is 4. The largest absolute Gasteiger partial charge is 0.462 e. The van der Waals surface area contributed by atoms with Crippen molar-refractivity contribution in [3.63, 3.8) is 0 Å². The van der Waals surface area contributed by atoms with Gasteiger partial charge >= 0.3 is 11.9 Å². The van der Waals surface area contributed by atoms with Gasteiger partial charge in [-0.2, -0.15) is 0 Å². The number of esters is 2. The van der Waals surface area contributed by atoms with Crippen molar-refractivity contribution >= 4 is 11.9 Å². The van der Waals surface area contributed by atoms with Crippen LogP contribution < -0.4 is 0 Å². The summed E-state index contributed by atoms with van der Waals surface area (Å²) in [5.74, 6) is -0.988. The highest BCUT2D eigenvalue weighted by molar-refractivity contribution is 5.73. The number of hydrogen-bond acceptors (Lipinski definition) is 8. The van der Waals surface area contributed by atoms with Crippen molar-refractivity contribution in [2.24, 2.45) is 23.7 Å². The van der Waals surface area contributed by atoms with E-state index < -0.39 is 0 Å². The van der Waals surface area contributed by atoms with Crippen LogP contribution in [0.3, 0.4) is 0 Å². The van der Waals surface area contributed by atoms with Crippen molar-refractivity contribution < 1.29 is 33.3 Å². The first-order valence-electron chi connectivity index (χ1n) is 18.1. The van der Waals surface area contributed by atoms with E-state index in [0.29, 0.717) is 18.9 Å². The molecule has 0 unspecified atom stereocenters. The third-order valence-corrected chi connectivity index (χ3v) is 11.3. The molecule has 4 aliphatic heterocycles. The molecule has 44 heavy (non-hydrogen) atoms. The molecule has 0 amide bonds. The Hall–Kier alpha value is -1.22. The Balaban J connectivity index is 1.53. The second-order valence-electron chi connectivity index (χ2n) is 14.7. The molecular formula is C36H63NO7. The summed E-state index contributed by atoms with van der Waals surface area (Å²) in [4.78, 5) is 29.6. The first kappa shape index (κ1) is 35.6. The molecule has 13 atom stereocenters. The van der Waals surface area contributed by atoms with Gasteiger partial charge in [-0.25, -0.2) is 0 Å².